The largest absolute Gasteiger partial charge is 0.368 e. The summed E-state index contributed by atoms with van der Waals surface area (Å²) in [6, 6.07) is 0. The van der Waals surface area contributed by atoms with Gasteiger partial charge in [-0.15, -0.1) is 0 Å². The summed E-state index contributed by atoms with van der Waals surface area (Å²) in [5, 5.41) is 12.5. The number of hydrogen-bond acceptors (Lipinski definition) is 4. The summed E-state index contributed by atoms with van der Waals surface area (Å²) in [4.78, 5) is 24.7. The predicted molar refractivity (Wildman–Crippen MR) is 115 cm³/mol. The monoisotopic (exact) mass is 401 g/mol. The van der Waals surface area contributed by atoms with Crippen molar-refractivity contribution in [1.29, 1.82) is 0 Å². The minimum absolute atomic E-state index is 0.360. The van der Waals surface area contributed by atoms with Crippen molar-refractivity contribution in [3.63, 3.8) is 0 Å². The number of Topliss-reactive ketones (excluding diaryl/α,β-unsaturated/α-hetero) is 1. The molecule has 5 nitrogen and oxygen atoms in total. The van der Waals surface area contributed by atoms with Crippen molar-refractivity contribution in [2.24, 2.45) is 5.92 Å². The summed E-state index contributed by atoms with van der Waals surface area (Å²) in [5.41, 5.74) is 0.0345. The van der Waals surface area contributed by atoms with Crippen LogP contribution in [0.3, 0.4) is 0 Å². The molecule has 0 spiro atoms. The molecule has 2 rings (SSSR count). The molecular weight excluding hydrogens is 366 g/mol. The van der Waals surface area contributed by atoms with Crippen LogP contribution in [0.5, 0.6) is 0 Å². The Morgan fingerprint density at radius 3 is 2.52 bits per heavy atom. The minimum atomic E-state index is -1.53. The third-order valence-electron chi connectivity index (χ3n) is 5.48. The van der Waals surface area contributed by atoms with Crippen LogP contribution in [0.4, 0.5) is 0 Å². The van der Waals surface area contributed by atoms with Crippen LogP contribution in [-0.4, -0.2) is 34.2 Å². The number of nitrogens with one attached hydrogen (secondary N) is 1. The molecule has 2 N–H and O–H groups in total. The van der Waals surface area contributed by atoms with Gasteiger partial charge in [-0.05, 0) is 64.9 Å². The predicted octanol–water partition coefficient (Wildman–Crippen LogP) is 4.14. The van der Waals surface area contributed by atoms with Gasteiger partial charge in [0.2, 0.25) is 11.4 Å². The molecule has 2 aliphatic rings. The first-order chi connectivity index (χ1) is 13.5. The van der Waals surface area contributed by atoms with Crippen molar-refractivity contribution in [1.82, 2.24) is 5.32 Å². The number of ether oxygens (including phenoxy) is 1. The van der Waals surface area contributed by atoms with Gasteiger partial charge in [-0.1, -0.05) is 55.4 Å². The van der Waals surface area contributed by atoms with Crippen molar-refractivity contribution in [2.45, 2.75) is 84.7 Å². The second-order valence-electron chi connectivity index (χ2n) is 8.72. The average molecular weight is 402 g/mol. The lowest BCUT2D eigenvalue weighted by atomic mass is 9.93. The number of amides is 1. The highest BCUT2D eigenvalue weighted by Crippen LogP contribution is 2.49. The van der Waals surface area contributed by atoms with E-state index in [4.69, 9.17) is 4.74 Å². The summed E-state index contributed by atoms with van der Waals surface area (Å²) in [6.45, 7) is 11.8. The lowest BCUT2D eigenvalue weighted by Gasteiger charge is -2.16. The molecule has 0 aromatic heterocycles. The van der Waals surface area contributed by atoms with Gasteiger partial charge in [0.15, 0.2) is 11.8 Å². The van der Waals surface area contributed by atoms with Gasteiger partial charge in [-0.25, -0.2) is 0 Å². The van der Waals surface area contributed by atoms with Crippen LogP contribution < -0.4 is 5.32 Å². The zero-order valence-electron chi connectivity index (χ0n) is 18.5. The van der Waals surface area contributed by atoms with E-state index >= 15 is 0 Å². The Balaban J connectivity index is 1.85. The molecule has 0 aliphatic carbocycles. The molecule has 2 fully saturated rings. The van der Waals surface area contributed by atoms with Crippen molar-refractivity contribution < 1.29 is 19.4 Å². The highest BCUT2D eigenvalue weighted by Gasteiger charge is 2.79. The van der Waals surface area contributed by atoms with E-state index in [0.29, 0.717) is 17.9 Å². The van der Waals surface area contributed by atoms with Crippen molar-refractivity contribution in [3.8, 4) is 0 Å². The SMILES string of the molecule is C\C=C(/C=C(C)/C=C/CC/C=C(\C)C(=O)[C@]12O[C@H]1C(C)(O)NC2=O)CCC(C)C. The van der Waals surface area contributed by atoms with Crippen molar-refractivity contribution in [2.75, 3.05) is 0 Å². The summed E-state index contributed by atoms with van der Waals surface area (Å²) in [7, 11) is 0. The molecule has 1 unspecified atom stereocenters. The van der Waals surface area contributed by atoms with Crippen LogP contribution in [0.2, 0.25) is 0 Å². The first kappa shape index (κ1) is 23.3. The summed E-state index contributed by atoms with van der Waals surface area (Å²) in [6.07, 6.45) is 13.4. The molecule has 2 saturated heterocycles. The van der Waals surface area contributed by atoms with Gasteiger partial charge in [-0.3, -0.25) is 9.59 Å². The number of ketones is 1. The van der Waals surface area contributed by atoms with E-state index in [1.165, 1.54) is 24.5 Å². The number of epoxide rings is 1. The first-order valence-electron chi connectivity index (χ1n) is 10.5. The fraction of sp³-hybridized carbons (Fsp3) is 0.583. The van der Waals surface area contributed by atoms with E-state index in [9.17, 15) is 14.7 Å². The molecule has 0 radical (unpaired) electrons. The van der Waals surface area contributed by atoms with Crippen molar-refractivity contribution >= 4 is 11.7 Å². The maximum atomic E-state index is 12.6. The third-order valence-corrected chi connectivity index (χ3v) is 5.48. The molecule has 29 heavy (non-hydrogen) atoms. The molecule has 2 heterocycles. The maximum Gasteiger partial charge on any atom is 0.265 e. The number of morpholine rings is 1. The van der Waals surface area contributed by atoms with Gasteiger partial charge in [0, 0.05) is 0 Å². The fourth-order valence-electron chi connectivity index (χ4n) is 3.65. The number of carbonyl (C=O) groups is 2. The summed E-state index contributed by atoms with van der Waals surface area (Å²) >= 11 is 0. The van der Waals surface area contributed by atoms with Gasteiger partial charge in [0.1, 0.15) is 0 Å². The zero-order valence-corrected chi connectivity index (χ0v) is 18.5. The van der Waals surface area contributed by atoms with E-state index in [2.05, 4.69) is 57.3 Å². The van der Waals surface area contributed by atoms with Gasteiger partial charge < -0.3 is 15.2 Å². The number of aliphatic hydroxyl groups is 1. The zero-order chi connectivity index (χ0) is 21.8. The molecule has 160 valence electrons. The normalized spacial score (nSPS) is 30.1. The van der Waals surface area contributed by atoms with E-state index in [-0.39, 0.29) is 5.78 Å². The van der Waals surface area contributed by atoms with Crippen LogP contribution in [0, 0.1) is 5.92 Å². The Morgan fingerprint density at radius 2 is 2.00 bits per heavy atom. The molecule has 2 aliphatic heterocycles. The second kappa shape index (κ2) is 9.23. The lowest BCUT2D eigenvalue weighted by Crippen LogP contribution is -2.45. The number of carbonyl (C=O) groups excluding carboxylic acids is 2. The molecule has 0 aromatic rings. The third kappa shape index (κ3) is 5.34. The van der Waals surface area contributed by atoms with Crippen LogP contribution >= 0.6 is 0 Å². The van der Waals surface area contributed by atoms with E-state index in [0.717, 1.165) is 12.8 Å². The van der Waals surface area contributed by atoms with Gasteiger partial charge in [0.25, 0.3) is 5.91 Å². The summed E-state index contributed by atoms with van der Waals surface area (Å²) < 4.78 is 5.31. The van der Waals surface area contributed by atoms with E-state index < -0.39 is 23.3 Å². The van der Waals surface area contributed by atoms with Gasteiger partial charge >= 0.3 is 0 Å². The highest BCUT2D eigenvalue weighted by molar-refractivity contribution is 6.21. The van der Waals surface area contributed by atoms with Crippen molar-refractivity contribution in [3.05, 3.63) is 47.1 Å². The Bertz CT molecular complexity index is 770. The molecule has 5 heteroatoms. The molecule has 1 amide bonds. The standard InChI is InChI=1S/C24H35NO4/c1-7-19(14-13-16(2)3)15-17(4)11-9-8-10-12-18(5)20(26)24-21(29-24)23(6,28)25-22(24)27/h7,9,11-12,15-16,21,28H,8,10,13-14H2,1-6H3,(H,25,27)/b11-9+,17-15+,18-12+,19-7-/t21-,23?,24-/m0/s1. The quantitative estimate of drug-likeness (QED) is 0.190. The Labute approximate surface area is 174 Å². The number of allylic oxidation sites excluding steroid dienone is 7. The first-order valence-corrected chi connectivity index (χ1v) is 10.5. The number of hydrogen-bond donors (Lipinski definition) is 2. The number of fused-ring (bicyclic) bond motifs is 1. The Hall–Kier alpha value is -1.98. The topological polar surface area (TPSA) is 78.9 Å². The second-order valence-corrected chi connectivity index (χ2v) is 8.72. The van der Waals surface area contributed by atoms with Crippen LogP contribution in [0.1, 0.15) is 67.2 Å². The van der Waals surface area contributed by atoms with Crippen LogP contribution in [-0.2, 0) is 14.3 Å². The Kier molecular flexibility index (Phi) is 7.41. The molecular formula is C24H35NO4. The Morgan fingerprint density at radius 1 is 1.31 bits per heavy atom. The fourth-order valence-corrected chi connectivity index (χ4v) is 3.65. The number of unbranched alkanes of at least 4 members (excludes halogenated alkanes) is 1. The number of rotatable bonds is 10. The van der Waals surface area contributed by atoms with E-state index in [1.54, 1.807) is 6.92 Å². The van der Waals surface area contributed by atoms with Gasteiger partial charge in [-0.2, -0.15) is 0 Å². The summed E-state index contributed by atoms with van der Waals surface area (Å²) in [5.74, 6) is -0.215. The molecule has 0 saturated carbocycles. The molecule has 0 bridgehead atoms. The lowest BCUT2D eigenvalue weighted by molar-refractivity contribution is -0.137. The average Bonchev–Trinajstić information content (AvgIpc) is 3.37. The molecule has 0 aromatic carbocycles. The van der Waals surface area contributed by atoms with Crippen LogP contribution in [0.25, 0.3) is 0 Å². The smallest absolute Gasteiger partial charge is 0.265 e. The van der Waals surface area contributed by atoms with E-state index in [1.807, 2.05) is 6.08 Å². The maximum absolute atomic E-state index is 12.6. The van der Waals surface area contributed by atoms with Crippen LogP contribution in [0.15, 0.2) is 47.1 Å². The molecule has 3 atom stereocenters. The van der Waals surface area contributed by atoms with Gasteiger partial charge in [0.05, 0.1) is 0 Å². The minimum Gasteiger partial charge on any atom is -0.368 e. The highest BCUT2D eigenvalue weighted by atomic mass is 16.6.